The van der Waals surface area contributed by atoms with Gasteiger partial charge in [-0.25, -0.2) is 4.98 Å². The summed E-state index contributed by atoms with van der Waals surface area (Å²) >= 11 is 0. The smallest absolute Gasteiger partial charge is 0.253 e. The van der Waals surface area contributed by atoms with E-state index in [1.165, 1.54) is 10.5 Å². The second-order valence-corrected chi connectivity index (χ2v) is 10.1. The molecule has 0 bridgehead atoms. The van der Waals surface area contributed by atoms with E-state index in [1.807, 2.05) is 37.4 Å². The van der Waals surface area contributed by atoms with Crippen LogP contribution in [0.1, 0.15) is 37.8 Å². The fourth-order valence-electron chi connectivity index (χ4n) is 5.08. The summed E-state index contributed by atoms with van der Waals surface area (Å²) in [6, 6.07) is 9.84. The average molecular weight is 500 g/mol. The van der Waals surface area contributed by atoms with Crippen molar-refractivity contribution in [3.05, 3.63) is 47.7 Å². The monoisotopic (exact) mass is 499 g/mol. The summed E-state index contributed by atoms with van der Waals surface area (Å²) in [5.74, 6) is 1.43. The number of aliphatic hydroxyl groups excluding tert-OH is 3. The minimum atomic E-state index is -1.47. The van der Waals surface area contributed by atoms with Gasteiger partial charge in [0.15, 0.2) is 17.6 Å². The van der Waals surface area contributed by atoms with Gasteiger partial charge in [-0.2, -0.15) is 0 Å². The number of hydrogen-bond acceptors (Lipinski definition) is 8. The SMILES string of the molecule is CCc1ccc(N2CC(Oc3cc([C@@H]4CN(C(=O)C(O)CO)C[C@@]4(C)[C@@H](C)O)ccc3OC)C2)nc1. The van der Waals surface area contributed by atoms with E-state index >= 15 is 0 Å². The summed E-state index contributed by atoms with van der Waals surface area (Å²) in [6.45, 7) is 7.14. The fourth-order valence-corrected chi connectivity index (χ4v) is 5.08. The summed E-state index contributed by atoms with van der Waals surface area (Å²) in [7, 11) is 1.60. The summed E-state index contributed by atoms with van der Waals surface area (Å²) in [5, 5.41) is 29.8. The van der Waals surface area contributed by atoms with Gasteiger partial charge >= 0.3 is 0 Å². The number of hydrogen-bond donors (Lipinski definition) is 3. The molecule has 3 N–H and O–H groups in total. The van der Waals surface area contributed by atoms with Crippen molar-refractivity contribution in [2.45, 2.75) is 51.4 Å². The highest BCUT2D eigenvalue weighted by molar-refractivity contribution is 5.81. The van der Waals surface area contributed by atoms with Crippen molar-refractivity contribution in [3.8, 4) is 11.5 Å². The van der Waals surface area contributed by atoms with Crippen molar-refractivity contribution >= 4 is 11.7 Å². The maximum atomic E-state index is 12.6. The number of aryl methyl sites for hydroxylation is 1. The molecule has 2 fully saturated rings. The van der Waals surface area contributed by atoms with Crippen molar-refractivity contribution in [2.24, 2.45) is 5.41 Å². The van der Waals surface area contributed by atoms with E-state index in [4.69, 9.17) is 9.47 Å². The van der Waals surface area contributed by atoms with Gasteiger partial charge in [0.1, 0.15) is 11.9 Å². The molecule has 2 aliphatic rings. The van der Waals surface area contributed by atoms with Crippen molar-refractivity contribution in [1.82, 2.24) is 9.88 Å². The molecule has 9 heteroatoms. The highest BCUT2D eigenvalue weighted by atomic mass is 16.5. The molecule has 196 valence electrons. The number of anilines is 1. The van der Waals surface area contributed by atoms with Crippen molar-refractivity contribution in [1.29, 1.82) is 0 Å². The first-order valence-electron chi connectivity index (χ1n) is 12.5. The number of benzene rings is 1. The van der Waals surface area contributed by atoms with Crippen LogP contribution in [0, 0.1) is 5.41 Å². The van der Waals surface area contributed by atoms with Gasteiger partial charge in [-0.15, -0.1) is 0 Å². The Bertz CT molecular complexity index is 1060. The number of amides is 1. The highest BCUT2D eigenvalue weighted by Gasteiger charge is 2.49. The second-order valence-electron chi connectivity index (χ2n) is 10.1. The van der Waals surface area contributed by atoms with Crippen LogP contribution < -0.4 is 14.4 Å². The van der Waals surface area contributed by atoms with Crippen LogP contribution in [0.3, 0.4) is 0 Å². The number of carbonyl (C=O) groups excluding carboxylic acids is 1. The number of methoxy groups -OCH3 is 1. The molecule has 0 saturated carbocycles. The van der Waals surface area contributed by atoms with Crippen LogP contribution in [0.25, 0.3) is 0 Å². The lowest BCUT2D eigenvalue weighted by Gasteiger charge is -2.40. The maximum Gasteiger partial charge on any atom is 0.253 e. The van der Waals surface area contributed by atoms with Crippen LogP contribution in [-0.4, -0.2) is 89.3 Å². The van der Waals surface area contributed by atoms with E-state index in [0.717, 1.165) is 17.8 Å². The van der Waals surface area contributed by atoms with Crippen LogP contribution in [0.4, 0.5) is 5.82 Å². The molecule has 4 rings (SSSR count). The Labute approximate surface area is 212 Å². The molecule has 2 aromatic rings. The molecule has 1 unspecified atom stereocenters. The predicted molar refractivity (Wildman–Crippen MR) is 135 cm³/mol. The Morgan fingerprint density at radius 2 is 1.94 bits per heavy atom. The normalized spacial score (nSPS) is 23.8. The number of carbonyl (C=O) groups is 1. The van der Waals surface area contributed by atoms with Gasteiger partial charge in [0.2, 0.25) is 0 Å². The van der Waals surface area contributed by atoms with Crippen LogP contribution >= 0.6 is 0 Å². The van der Waals surface area contributed by atoms with Crippen molar-refractivity contribution < 1.29 is 29.6 Å². The fraction of sp³-hybridized carbons (Fsp3) is 0.556. The number of likely N-dealkylation sites (tertiary alicyclic amines) is 1. The number of pyridine rings is 1. The molecule has 0 spiro atoms. The predicted octanol–water partition coefficient (Wildman–Crippen LogP) is 1.59. The molecule has 0 aliphatic carbocycles. The first-order valence-corrected chi connectivity index (χ1v) is 12.5. The Hall–Kier alpha value is -2.88. The van der Waals surface area contributed by atoms with Crippen molar-refractivity contribution in [3.63, 3.8) is 0 Å². The quantitative estimate of drug-likeness (QED) is 0.477. The van der Waals surface area contributed by atoms with Crippen LogP contribution in [0.15, 0.2) is 36.5 Å². The second kappa shape index (κ2) is 10.6. The highest BCUT2D eigenvalue weighted by Crippen LogP contribution is 2.47. The van der Waals surface area contributed by atoms with E-state index in [1.54, 1.807) is 14.0 Å². The Morgan fingerprint density at radius 3 is 2.53 bits per heavy atom. The third-order valence-corrected chi connectivity index (χ3v) is 7.73. The van der Waals surface area contributed by atoms with Crippen LogP contribution in [0.2, 0.25) is 0 Å². The summed E-state index contributed by atoms with van der Waals surface area (Å²) in [6.07, 6.45) is 0.671. The summed E-state index contributed by atoms with van der Waals surface area (Å²) in [4.78, 5) is 20.8. The Morgan fingerprint density at radius 1 is 1.19 bits per heavy atom. The van der Waals surface area contributed by atoms with E-state index in [9.17, 15) is 20.1 Å². The van der Waals surface area contributed by atoms with Crippen LogP contribution in [-0.2, 0) is 11.2 Å². The molecule has 0 radical (unpaired) electrons. The topological polar surface area (TPSA) is 116 Å². The lowest BCUT2D eigenvalue weighted by Crippen LogP contribution is -2.54. The van der Waals surface area contributed by atoms with E-state index in [-0.39, 0.29) is 18.6 Å². The number of aromatic nitrogens is 1. The third-order valence-electron chi connectivity index (χ3n) is 7.73. The van der Waals surface area contributed by atoms with E-state index in [0.29, 0.717) is 31.1 Å². The van der Waals surface area contributed by atoms with Crippen molar-refractivity contribution in [2.75, 3.05) is 44.8 Å². The van der Waals surface area contributed by atoms with Gasteiger partial charge in [-0.1, -0.05) is 26.0 Å². The molecule has 2 saturated heterocycles. The Kier molecular flexibility index (Phi) is 7.73. The lowest BCUT2D eigenvalue weighted by atomic mass is 9.72. The third kappa shape index (κ3) is 5.00. The zero-order valence-electron chi connectivity index (χ0n) is 21.4. The molecule has 1 amide bonds. The molecule has 4 atom stereocenters. The Balaban J connectivity index is 1.50. The standard InChI is InChI=1S/C27H37N3O6/c1-5-18-6-9-25(28-11-18)29-12-20(13-29)36-24-10-19(7-8-23(24)35-4)21-14-30(26(34)22(33)15-31)16-27(21,3)17(2)32/h6-11,17,20-22,31-33H,5,12-16H2,1-4H3/t17-,21+,22?,27+/m1/s1. The van der Waals surface area contributed by atoms with Gasteiger partial charge in [0.25, 0.3) is 5.91 Å². The van der Waals surface area contributed by atoms with Gasteiger partial charge in [-0.3, -0.25) is 4.79 Å². The molecular formula is C27H37N3O6. The van der Waals surface area contributed by atoms with E-state index in [2.05, 4.69) is 22.9 Å². The minimum Gasteiger partial charge on any atom is -0.493 e. The van der Waals surface area contributed by atoms with Gasteiger partial charge in [0, 0.05) is 30.6 Å². The molecule has 3 heterocycles. The summed E-state index contributed by atoms with van der Waals surface area (Å²) < 4.78 is 11.9. The first kappa shape index (κ1) is 26.2. The molecule has 9 nitrogen and oxygen atoms in total. The van der Waals surface area contributed by atoms with E-state index < -0.39 is 30.1 Å². The summed E-state index contributed by atoms with van der Waals surface area (Å²) in [5.41, 5.74) is 1.48. The van der Waals surface area contributed by atoms with Gasteiger partial charge in [0.05, 0.1) is 32.9 Å². The number of rotatable bonds is 9. The number of nitrogens with zero attached hydrogens (tertiary/aromatic N) is 3. The molecule has 1 aromatic heterocycles. The number of aliphatic hydroxyl groups is 3. The zero-order valence-corrected chi connectivity index (χ0v) is 21.4. The molecule has 1 aromatic carbocycles. The average Bonchev–Trinajstić information content (AvgIpc) is 3.23. The van der Waals surface area contributed by atoms with Crippen LogP contribution in [0.5, 0.6) is 11.5 Å². The molecule has 36 heavy (non-hydrogen) atoms. The lowest BCUT2D eigenvalue weighted by molar-refractivity contribution is -0.141. The molecule has 2 aliphatic heterocycles. The van der Waals surface area contributed by atoms with Gasteiger partial charge < -0.3 is 34.6 Å². The first-order chi connectivity index (χ1) is 17.2. The van der Waals surface area contributed by atoms with Gasteiger partial charge in [-0.05, 0) is 42.7 Å². The number of ether oxygens (including phenoxy) is 2. The largest absolute Gasteiger partial charge is 0.493 e. The molecular weight excluding hydrogens is 462 g/mol. The minimum absolute atomic E-state index is 0.0219. The maximum absolute atomic E-state index is 12.6. The zero-order chi connectivity index (χ0) is 26.0.